The van der Waals surface area contributed by atoms with E-state index in [1.807, 2.05) is 12.1 Å². The number of hydrogen-bond donors (Lipinski definition) is 1. The first-order valence-corrected chi connectivity index (χ1v) is 7.32. The van der Waals surface area contributed by atoms with Crippen LogP contribution in [0.2, 0.25) is 5.02 Å². The maximum Gasteiger partial charge on any atom is 0.253 e. The van der Waals surface area contributed by atoms with E-state index in [2.05, 4.69) is 20.4 Å². The number of carbonyl (C=O) groups excluding carboxylic acids is 1. The van der Waals surface area contributed by atoms with E-state index in [0.717, 1.165) is 0 Å². The van der Waals surface area contributed by atoms with Gasteiger partial charge in [-0.05, 0) is 31.2 Å². The van der Waals surface area contributed by atoms with E-state index in [1.165, 1.54) is 6.20 Å². The average molecular weight is 329 g/mol. The third kappa shape index (κ3) is 3.37. The minimum Gasteiger partial charge on any atom is -0.340 e. The zero-order valence-corrected chi connectivity index (χ0v) is 13.0. The minimum atomic E-state index is -0.438. The number of rotatable bonds is 4. The summed E-state index contributed by atoms with van der Waals surface area (Å²) in [4.78, 5) is 20.3. The van der Waals surface area contributed by atoms with E-state index in [9.17, 15) is 4.79 Å². The summed E-state index contributed by atoms with van der Waals surface area (Å²) >= 11 is 6.11. The van der Waals surface area contributed by atoms with Crippen molar-refractivity contribution >= 4 is 17.5 Å². The topological polar surface area (TPSA) is 80.9 Å². The van der Waals surface area contributed by atoms with Gasteiger partial charge in [0.25, 0.3) is 5.91 Å². The second kappa shape index (κ2) is 6.58. The molecule has 2 aromatic heterocycles. The summed E-state index contributed by atoms with van der Waals surface area (Å²) in [5.41, 5.74) is 1.14. The van der Waals surface area contributed by atoms with Crippen LogP contribution in [0.5, 0.6) is 0 Å². The third-order valence-electron chi connectivity index (χ3n) is 3.20. The summed E-state index contributed by atoms with van der Waals surface area (Å²) in [5.74, 6) is 0.424. The molecular formula is C16H13ClN4O2. The third-order valence-corrected chi connectivity index (χ3v) is 3.53. The van der Waals surface area contributed by atoms with Gasteiger partial charge in [0.15, 0.2) is 0 Å². The second-order valence-corrected chi connectivity index (χ2v) is 5.28. The summed E-state index contributed by atoms with van der Waals surface area (Å²) in [6.45, 7) is 1.76. The van der Waals surface area contributed by atoms with Crippen LogP contribution in [0.1, 0.15) is 29.2 Å². The molecule has 7 heteroatoms. The van der Waals surface area contributed by atoms with E-state index in [-0.39, 0.29) is 5.91 Å². The molecular weight excluding hydrogens is 316 g/mol. The molecule has 2 heterocycles. The molecule has 0 aliphatic rings. The first-order chi connectivity index (χ1) is 11.1. The van der Waals surface area contributed by atoms with Gasteiger partial charge in [0.1, 0.15) is 6.04 Å². The van der Waals surface area contributed by atoms with Crippen LogP contribution in [0, 0.1) is 0 Å². The fourth-order valence-electron chi connectivity index (χ4n) is 2.00. The molecule has 0 aliphatic heterocycles. The van der Waals surface area contributed by atoms with Crippen molar-refractivity contribution in [2.45, 2.75) is 13.0 Å². The number of nitrogens with one attached hydrogen (secondary N) is 1. The molecule has 0 radical (unpaired) electrons. The van der Waals surface area contributed by atoms with Gasteiger partial charge in [-0.15, -0.1) is 0 Å². The Morgan fingerprint density at radius 2 is 2.09 bits per heavy atom. The molecule has 0 saturated heterocycles. The Morgan fingerprint density at radius 3 is 2.83 bits per heavy atom. The number of nitrogens with zero attached hydrogens (tertiary/aromatic N) is 3. The number of pyridine rings is 1. The van der Waals surface area contributed by atoms with Crippen LogP contribution in [0.4, 0.5) is 0 Å². The normalized spacial score (nSPS) is 11.9. The lowest BCUT2D eigenvalue weighted by molar-refractivity contribution is 0.0932. The monoisotopic (exact) mass is 328 g/mol. The summed E-state index contributed by atoms with van der Waals surface area (Å²) in [6, 6.07) is 10.1. The Hall–Kier alpha value is -2.73. The predicted octanol–water partition coefficient (Wildman–Crippen LogP) is 3.28. The number of aromatic nitrogens is 3. The van der Waals surface area contributed by atoms with Crippen molar-refractivity contribution in [3.63, 3.8) is 0 Å². The van der Waals surface area contributed by atoms with Crippen LogP contribution in [0.25, 0.3) is 11.4 Å². The van der Waals surface area contributed by atoms with Crippen molar-refractivity contribution in [1.82, 2.24) is 20.4 Å². The van der Waals surface area contributed by atoms with Gasteiger partial charge in [-0.25, -0.2) is 0 Å². The number of carbonyl (C=O) groups is 1. The molecule has 0 bridgehead atoms. The van der Waals surface area contributed by atoms with Crippen LogP contribution < -0.4 is 5.32 Å². The molecule has 0 spiro atoms. The van der Waals surface area contributed by atoms with Crippen LogP contribution in [0.15, 0.2) is 53.3 Å². The Bertz CT molecular complexity index is 820. The first-order valence-electron chi connectivity index (χ1n) is 6.94. The van der Waals surface area contributed by atoms with Gasteiger partial charge >= 0.3 is 0 Å². The summed E-state index contributed by atoms with van der Waals surface area (Å²) < 4.78 is 5.22. The fourth-order valence-corrected chi connectivity index (χ4v) is 2.22. The van der Waals surface area contributed by atoms with E-state index < -0.39 is 6.04 Å². The fraction of sp³-hybridized carbons (Fsp3) is 0.125. The van der Waals surface area contributed by atoms with Crippen molar-refractivity contribution in [1.29, 1.82) is 0 Å². The molecule has 3 rings (SSSR count). The van der Waals surface area contributed by atoms with Crippen molar-refractivity contribution in [2.75, 3.05) is 0 Å². The molecule has 1 amide bonds. The average Bonchev–Trinajstić information content (AvgIpc) is 3.06. The second-order valence-electron chi connectivity index (χ2n) is 4.87. The zero-order chi connectivity index (χ0) is 16.2. The molecule has 3 aromatic rings. The van der Waals surface area contributed by atoms with Crippen LogP contribution in [0.3, 0.4) is 0 Å². The molecule has 0 fully saturated rings. The van der Waals surface area contributed by atoms with Gasteiger partial charge in [-0.3, -0.25) is 9.78 Å². The largest absolute Gasteiger partial charge is 0.340 e. The number of amides is 1. The van der Waals surface area contributed by atoms with E-state index >= 15 is 0 Å². The standard InChI is InChI=1S/C16H13ClN4O2/c1-10(19-15(22)11-5-4-8-18-9-11)16-20-14(21-23-16)12-6-2-3-7-13(12)17/h2-10H,1H3,(H,19,22)/t10-/m0/s1. The van der Waals surface area contributed by atoms with Gasteiger partial charge in [-0.1, -0.05) is 28.9 Å². The summed E-state index contributed by atoms with van der Waals surface area (Å²) in [7, 11) is 0. The molecule has 0 aliphatic carbocycles. The quantitative estimate of drug-likeness (QED) is 0.795. The minimum absolute atomic E-state index is 0.261. The van der Waals surface area contributed by atoms with Gasteiger partial charge in [0.05, 0.1) is 10.6 Å². The Morgan fingerprint density at radius 1 is 1.26 bits per heavy atom. The molecule has 6 nitrogen and oxygen atoms in total. The summed E-state index contributed by atoms with van der Waals surface area (Å²) in [5, 5.41) is 7.23. The Kier molecular flexibility index (Phi) is 4.34. The maximum atomic E-state index is 12.1. The van der Waals surface area contributed by atoms with E-state index in [4.69, 9.17) is 16.1 Å². The van der Waals surface area contributed by atoms with Crippen molar-refractivity contribution in [2.24, 2.45) is 0 Å². The van der Waals surface area contributed by atoms with Gasteiger partial charge < -0.3 is 9.84 Å². The highest BCUT2D eigenvalue weighted by Gasteiger charge is 2.19. The lowest BCUT2D eigenvalue weighted by Gasteiger charge is -2.09. The molecule has 0 unspecified atom stereocenters. The maximum absolute atomic E-state index is 12.1. The zero-order valence-electron chi connectivity index (χ0n) is 12.2. The van der Waals surface area contributed by atoms with E-state index in [1.54, 1.807) is 37.4 Å². The molecule has 23 heavy (non-hydrogen) atoms. The van der Waals surface area contributed by atoms with Crippen molar-refractivity contribution in [3.8, 4) is 11.4 Å². The lowest BCUT2D eigenvalue weighted by Crippen LogP contribution is -2.26. The molecule has 1 N–H and O–H groups in total. The van der Waals surface area contributed by atoms with Crippen molar-refractivity contribution < 1.29 is 9.32 Å². The van der Waals surface area contributed by atoms with Crippen LogP contribution in [-0.2, 0) is 0 Å². The molecule has 1 aromatic carbocycles. The highest BCUT2D eigenvalue weighted by molar-refractivity contribution is 6.33. The SMILES string of the molecule is C[C@H](NC(=O)c1cccnc1)c1nc(-c2ccccc2Cl)no1. The molecule has 116 valence electrons. The molecule has 1 atom stereocenters. The Balaban J connectivity index is 1.75. The number of hydrogen-bond acceptors (Lipinski definition) is 5. The Labute approximate surface area is 137 Å². The predicted molar refractivity (Wildman–Crippen MR) is 84.9 cm³/mol. The number of halogens is 1. The van der Waals surface area contributed by atoms with E-state index in [0.29, 0.717) is 27.9 Å². The smallest absolute Gasteiger partial charge is 0.253 e. The van der Waals surface area contributed by atoms with Gasteiger partial charge in [0, 0.05) is 18.0 Å². The van der Waals surface area contributed by atoms with Crippen LogP contribution >= 0.6 is 11.6 Å². The lowest BCUT2D eigenvalue weighted by atomic mass is 10.2. The van der Waals surface area contributed by atoms with Gasteiger partial charge in [0.2, 0.25) is 11.7 Å². The summed E-state index contributed by atoms with van der Waals surface area (Å²) in [6.07, 6.45) is 3.10. The molecule has 0 saturated carbocycles. The highest BCUT2D eigenvalue weighted by Crippen LogP contribution is 2.26. The first kappa shape index (κ1) is 15.2. The number of benzene rings is 1. The van der Waals surface area contributed by atoms with Gasteiger partial charge in [-0.2, -0.15) is 4.98 Å². The van der Waals surface area contributed by atoms with Crippen molar-refractivity contribution in [3.05, 3.63) is 65.3 Å². The highest BCUT2D eigenvalue weighted by atomic mass is 35.5. The van der Waals surface area contributed by atoms with Crippen LogP contribution in [-0.4, -0.2) is 21.0 Å².